The van der Waals surface area contributed by atoms with Crippen molar-refractivity contribution in [3.05, 3.63) is 36.0 Å². The van der Waals surface area contributed by atoms with Gasteiger partial charge in [0, 0.05) is 23.5 Å². The van der Waals surface area contributed by atoms with Crippen LogP contribution in [0.15, 0.2) is 30.5 Å². The standard InChI is InChI=1S/C21H28N2O3Si/c1-25-15-5-6-18-17(12-15)16(7-9-22-18)21(26-27(2,3)4)19-11-14-8-10-23(19)13-20(14)24/h5-7,9,12,14,19,21H,8,10-11,13H2,1-4H3/t14-,19+,21-/m0/s1. The van der Waals surface area contributed by atoms with Crippen LogP contribution in [0.5, 0.6) is 5.75 Å². The van der Waals surface area contributed by atoms with Crippen LogP contribution in [0.25, 0.3) is 10.9 Å². The van der Waals surface area contributed by atoms with Crippen LogP contribution in [0.3, 0.4) is 0 Å². The second-order valence-electron chi connectivity index (χ2n) is 8.66. The number of methoxy groups -OCH3 is 1. The minimum absolute atomic E-state index is 0.0508. The number of carbonyl (C=O) groups is 1. The summed E-state index contributed by atoms with van der Waals surface area (Å²) in [6.07, 6.45) is 3.69. The monoisotopic (exact) mass is 384 g/mol. The predicted molar refractivity (Wildman–Crippen MR) is 109 cm³/mol. The van der Waals surface area contributed by atoms with Crippen molar-refractivity contribution in [2.75, 3.05) is 20.2 Å². The molecule has 0 N–H and O–H groups in total. The molecule has 5 nitrogen and oxygen atoms in total. The van der Waals surface area contributed by atoms with Crippen LogP contribution in [0.4, 0.5) is 0 Å². The number of rotatable bonds is 5. The molecule has 2 aromatic rings. The van der Waals surface area contributed by atoms with E-state index >= 15 is 0 Å². The molecule has 3 aliphatic heterocycles. The Balaban J connectivity index is 1.80. The number of benzene rings is 1. The van der Waals surface area contributed by atoms with Gasteiger partial charge < -0.3 is 9.16 Å². The molecule has 0 saturated carbocycles. The lowest BCUT2D eigenvalue weighted by Crippen LogP contribution is -2.56. The number of hydrogen-bond donors (Lipinski definition) is 0. The predicted octanol–water partition coefficient (Wildman–Crippen LogP) is 3.80. The minimum atomic E-state index is -1.80. The third kappa shape index (κ3) is 3.66. The van der Waals surface area contributed by atoms with E-state index in [1.165, 1.54) is 0 Å². The summed E-state index contributed by atoms with van der Waals surface area (Å²) < 4.78 is 12.2. The van der Waals surface area contributed by atoms with E-state index in [1.807, 2.05) is 18.3 Å². The number of ether oxygens (including phenoxy) is 1. The van der Waals surface area contributed by atoms with Gasteiger partial charge in [-0.25, -0.2) is 0 Å². The van der Waals surface area contributed by atoms with Gasteiger partial charge in [-0.15, -0.1) is 0 Å². The Kier molecular flexibility index (Phi) is 4.82. The molecule has 3 fully saturated rings. The minimum Gasteiger partial charge on any atom is -0.497 e. The highest BCUT2D eigenvalue weighted by molar-refractivity contribution is 6.69. The molecule has 2 bridgehead atoms. The quantitative estimate of drug-likeness (QED) is 0.734. The number of pyridine rings is 1. The summed E-state index contributed by atoms with van der Waals surface area (Å²) in [6, 6.07) is 8.32. The lowest BCUT2D eigenvalue weighted by atomic mass is 9.79. The van der Waals surface area contributed by atoms with Crippen molar-refractivity contribution in [3.63, 3.8) is 0 Å². The zero-order valence-corrected chi connectivity index (χ0v) is 17.6. The zero-order chi connectivity index (χ0) is 19.2. The largest absolute Gasteiger partial charge is 0.497 e. The highest BCUT2D eigenvalue weighted by Crippen LogP contribution is 2.41. The van der Waals surface area contributed by atoms with Gasteiger partial charge in [-0.3, -0.25) is 14.7 Å². The molecule has 0 aliphatic carbocycles. The molecule has 144 valence electrons. The van der Waals surface area contributed by atoms with Crippen LogP contribution in [0.2, 0.25) is 19.6 Å². The molecule has 1 unspecified atom stereocenters. The van der Waals surface area contributed by atoms with Crippen molar-refractivity contribution >= 4 is 25.0 Å². The molecule has 27 heavy (non-hydrogen) atoms. The first-order valence-corrected chi connectivity index (χ1v) is 13.1. The van der Waals surface area contributed by atoms with Gasteiger partial charge in [0.2, 0.25) is 0 Å². The number of aromatic nitrogens is 1. The van der Waals surface area contributed by atoms with Gasteiger partial charge in [0.15, 0.2) is 8.32 Å². The van der Waals surface area contributed by atoms with Crippen LogP contribution < -0.4 is 4.74 Å². The third-order valence-electron chi connectivity index (χ3n) is 5.69. The SMILES string of the molecule is COc1ccc2nccc([C@H](O[Si](C)(C)C)[C@H]3C[C@@H]4CCN3CC4=O)c2c1. The van der Waals surface area contributed by atoms with Crippen LogP contribution in [0.1, 0.15) is 24.5 Å². The lowest BCUT2D eigenvalue weighted by Gasteiger charge is -2.48. The number of Topliss-reactive ketones (excluding diaryl/α,β-unsaturated/α-hetero) is 1. The Bertz CT molecular complexity index is 864. The molecule has 4 heterocycles. The van der Waals surface area contributed by atoms with Crippen molar-refractivity contribution in [3.8, 4) is 5.75 Å². The van der Waals surface area contributed by atoms with E-state index in [4.69, 9.17) is 9.16 Å². The average molecular weight is 385 g/mol. The molecule has 1 aromatic carbocycles. The molecular formula is C21H28N2O3Si. The summed E-state index contributed by atoms with van der Waals surface area (Å²) in [5.74, 6) is 1.41. The third-order valence-corrected chi connectivity index (χ3v) is 6.65. The number of nitrogens with zero attached hydrogens (tertiary/aromatic N) is 2. The normalized spacial score (nSPS) is 26.4. The Morgan fingerprint density at radius 3 is 2.70 bits per heavy atom. The molecule has 6 heteroatoms. The van der Waals surface area contributed by atoms with E-state index in [9.17, 15) is 4.79 Å². The molecule has 3 aliphatic rings. The second-order valence-corrected chi connectivity index (χ2v) is 13.1. The van der Waals surface area contributed by atoms with E-state index in [0.717, 1.165) is 41.6 Å². The summed E-state index contributed by atoms with van der Waals surface area (Å²) in [5, 5.41) is 1.08. The van der Waals surface area contributed by atoms with Gasteiger partial charge in [-0.2, -0.15) is 0 Å². The second kappa shape index (κ2) is 7.00. The average Bonchev–Trinajstić information content (AvgIpc) is 2.65. The van der Waals surface area contributed by atoms with Crippen molar-refractivity contribution in [2.45, 2.75) is 44.6 Å². The van der Waals surface area contributed by atoms with Gasteiger partial charge >= 0.3 is 0 Å². The Labute approximate surface area is 161 Å². The number of carbonyl (C=O) groups excluding carboxylic acids is 1. The van der Waals surface area contributed by atoms with Crippen molar-refractivity contribution in [1.29, 1.82) is 0 Å². The smallest absolute Gasteiger partial charge is 0.184 e. The molecule has 0 spiro atoms. The van der Waals surface area contributed by atoms with E-state index in [2.05, 4.69) is 41.7 Å². The summed E-state index contributed by atoms with van der Waals surface area (Å²) in [7, 11) is -0.119. The number of fused-ring (bicyclic) bond motifs is 4. The van der Waals surface area contributed by atoms with Crippen LogP contribution in [-0.2, 0) is 9.22 Å². The van der Waals surface area contributed by atoms with E-state index in [0.29, 0.717) is 12.3 Å². The van der Waals surface area contributed by atoms with Crippen LogP contribution in [-0.4, -0.2) is 50.2 Å². The van der Waals surface area contributed by atoms with E-state index in [1.54, 1.807) is 7.11 Å². The first kappa shape index (κ1) is 18.6. The fraction of sp³-hybridized carbons (Fsp3) is 0.524. The first-order chi connectivity index (χ1) is 12.9. The van der Waals surface area contributed by atoms with E-state index < -0.39 is 8.32 Å². The van der Waals surface area contributed by atoms with Gasteiger partial charge in [0.05, 0.1) is 25.3 Å². The zero-order valence-electron chi connectivity index (χ0n) is 16.6. The van der Waals surface area contributed by atoms with Crippen molar-refractivity contribution in [2.24, 2.45) is 5.92 Å². The molecule has 1 aromatic heterocycles. The van der Waals surface area contributed by atoms with Gasteiger partial charge in [-0.1, -0.05) is 0 Å². The van der Waals surface area contributed by atoms with Crippen LogP contribution >= 0.6 is 0 Å². The van der Waals surface area contributed by atoms with Crippen LogP contribution in [0, 0.1) is 5.92 Å². The van der Waals surface area contributed by atoms with Crippen molar-refractivity contribution in [1.82, 2.24) is 9.88 Å². The highest BCUT2D eigenvalue weighted by atomic mass is 28.4. The molecule has 5 rings (SSSR count). The first-order valence-electron chi connectivity index (χ1n) is 9.73. The Hall–Kier alpha value is -1.76. The van der Waals surface area contributed by atoms with Crippen molar-refractivity contribution < 1.29 is 14.0 Å². The lowest BCUT2D eigenvalue weighted by molar-refractivity contribution is -0.136. The van der Waals surface area contributed by atoms with Gasteiger partial charge in [-0.05, 0) is 68.9 Å². The molecule has 4 atom stereocenters. The maximum Gasteiger partial charge on any atom is 0.184 e. The molecule has 0 amide bonds. The molecular weight excluding hydrogens is 356 g/mol. The van der Waals surface area contributed by atoms with E-state index in [-0.39, 0.29) is 18.1 Å². The molecule has 3 saturated heterocycles. The maximum absolute atomic E-state index is 12.2. The summed E-state index contributed by atoms with van der Waals surface area (Å²) in [4.78, 5) is 19.1. The number of piperidine rings is 3. The number of ketones is 1. The van der Waals surface area contributed by atoms with Gasteiger partial charge in [0.1, 0.15) is 11.5 Å². The molecule has 0 radical (unpaired) electrons. The Morgan fingerprint density at radius 2 is 2.07 bits per heavy atom. The summed E-state index contributed by atoms with van der Waals surface area (Å²) in [6.45, 7) is 8.23. The highest BCUT2D eigenvalue weighted by Gasteiger charge is 2.44. The van der Waals surface area contributed by atoms with Gasteiger partial charge in [0.25, 0.3) is 0 Å². The Morgan fingerprint density at radius 1 is 1.26 bits per heavy atom. The summed E-state index contributed by atoms with van der Waals surface area (Å²) >= 11 is 0. The number of hydrogen-bond acceptors (Lipinski definition) is 5. The topological polar surface area (TPSA) is 51.7 Å². The summed E-state index contributed by atoms with van der Waals surface area (Å²) in [5.41, 5.74) is 2.11. The fourth-order valence-electron chi connectivity index (χ4n) is 4.43. The fourth-order valence-corrected chi connectivity index (χ4v) is 5.48. The maximum atomic E-state index is 12.2.